The molecule has 3 fully saturated rings. The van der Waals surface area contributed by atoms with Crippen molar-refractivity contribution in [2.75, 3.05) is 65.6 Å². The number of rotatable bonds is 16. The summed E-state index contributed by atoms with van der Waals surface area (Å²) in [4.78, 5) is 51.9. The first kappa shape index (κ1) is 48.7. The first-order valence-electron chi connectivity index (χ1n) is 25.2. The number of aryl methyl sites for hydroxylation is 6. The second-order valence-corrected chi connectivity index (χ2v) is 18.9. The minimum atomic E-state index is 0.00738. The number of fused-ring (bicyclic) bond motifs is 2. The number of benzene rings is 2. The molecule has 13 nitrogen and oxygen atoms in total. The molecule has 0 spiro atoms. The average molecular weight is 921 g/mol. The number of allylic oxidation sites excluding steroid dienone is 1. The van der Waals surface area contributed by atoms with Gasteiger partial charge in [0.25, 0.3) is 5.91 Å². The Kier molecular flexibility index (Phi) is 16.5. The number of morpholine rings is 1. The molecule has 0 aliphatic carbocycles. The van der Waals surface area contributed by atoms with Gasteiger partial charge in [0, 0.05) is 86.4 Å². The van der Waals surface area contributed by atoms with E-state index in [1.807, 2.05) is 68.6 Å². The van der Waals surface area contributed by atoms with Crippen LogP contribution in [-0.4, -0.2) is 127 Å². The molecule has 13 heteroatoms. The van der Waals surface area contributed by atoms with Crippen molar-refractivity contribution in [3.05, 3.63) is 129 Å². The van der Waals surface area contributed by atoms with E-state index in [1.165, 1.54) is 25.9 Å². The first-order valence-corrected chi connectivity index (χ1v) is 25.2. The molecular formula is C55H72N10O3. The largest absolute Gasteiger partial charge is 0.379 e. The number of carbonyl (C=O) groups excluding carboxylic acids is 2. The van der Waals surface area contributed by atoms with Crippen LogP contribution in [0.25, 0.3) is 22.3 Å². The number of hydrogen-bond acceptors (Lipinski definition) is 10. The Balaban J connectivity index is 0.000000185. The second-order valence-electron chi connectivity index (χ2n) is 18.9. The summed E-state index contributed by atoms with van der Waals surface area (Å²) < 4.78 is 9.88. The van der Waals surface area contributed by atoms with E-state index in [9.17, 15) is 9.59 Å². The van der Waals surface area contributed by atoms with Gasteiger partial charge < -0.3 is 29.0 Å². The van der Waals surface area contributed by atoms with E-state index in [2.05, 4.69) is 69.0 Å². The van der Waals surface area contributed by atoms with Crippen molar-refractivity contribution in [1.29, 1.82) is 0 Å². The molecule has 360 valence electrons. The summed E-state index contributed by atoms with van der Waals surface area (Å²) >= 11 is 0. The lowest BCUT2D eigenvalue weighted by Gasteiger charge is -2.39. The molecule has 9 rings (SSSR count). The maximum Gasteiger partial charge on any atom is 0.251 e. The molecule has 6 aromatic rings. The van der Waals surface area contributed by atoms with Gasteiger partial charge in [0.2, 0.25) is 0 Å². The number of unbranched alkanes of at least 4 members (excludes halogenated alkanes) is 1. The van der Waals surface area contributed by atoms with Crippen LogP contribution in [-0.2, 0) is 30.7 Å². The molecule has 3 aliphatic heterocycles. The number of ether oxygens (including phenoxy) is 1. The Hall–Kier alpha value is -5.76. The zero-order chi connectivity index (χ0) is 47.6. The Labute approximate surface area is 403 Å². The Bertz CT molecular complexity index is 2670. The molecule has 4 aromatic heterocycles. The summed E-state index contributed by atoms with van der Waals surface area (Å²) in [7, 11) is 0. The van der Waals surface area contributed by atoms with Crippen LogP contribution in [0, 0.1) is 27.7 Å². The van der Waals surface area contributed by atoms with Crippen LogP contribution < -0.4 is 5.32 Å². The van der Waals surface area contributed by atoms with E-state index in [1.54, 1.807) is 6.08 Å². The second kappa shape index (κ2) is 23.0. The molecule has 1 amide bonds. The lowest BCUT2D eigenvalue weighted by molar-refractivity contribution is 0.00422. The Morgan fingerprint density at radius 2 is 1.21 bits per heavy atom. The van der Waals surface area contributed by atoms with E-state index < -0.39 is 0 Å². The van der Waals surface area contributed by atoms with Gasteiger partial charge in [-0.3, -0.25) is 14.5 Å². The van der Waals surface area contributed by atoms with E-state index in [0.29, 0.717) is 30.3 Å². The van der Waals surface area contributed by atoms with E-state index in [4.69, 9.17) is 24.7 Å². The summed E-state index contributed by atoms with van der Waals surface area (Å²) in [6, 6.07) is 20.7. The fraction of sp³-hybridized carbons (Fsp3) is 0.491. The van der Waals surface area contributed by atoms with Crippen molar-refractivity contribution in [3.63, 3.8) is 0 Å². The van der Waals surface area contributed by atoms with Crippen LogP contribution in [0.15, 0.2) is 72.9 Å². The molecule has 68 heavy (non-hydrogen) atoms. The monoisotopic (exact) mass is 921 g/mol. The molecule has 0 atom stereocenters. The van der Waals surface area contributed by atoms with E-state index in [-0.39, 0.29) is 11.7 Å². The van der Waals surface area contributed by atoms with E-state index >= 15 is 0 Å². The van der Waals surface area contributed by atoms with Crippen LogP contribution in [0.4, 0.5) is 0 Å². The van der Waals surface area contributed by atoms with Crippen molar-refractivity contribution >= 4 is 34.0 Å². The Morgan fingerprint density at radius 1 is 0.676 bits per heavy atom. The van der Waals surface area contributed by atoms with Crippen LogP contribution >= 0.6 is 0 Å². The number of hydrogen-bond donors (Lipinski definition) is 1. The number of nitrogens with one attached hydrogen (secondary N) is 1. The number of pyridine rings is 2. The predicted molar refractivity (Wildman–Crippen MR) is 272 cm³/mol. The number of ketones is 1. The average Bonchev–Trinajstić information content (AvgIpc) is 4.10. The van der Waals surface area contributed by atoms with Crippen LogP contribution in [0.5, 0.6) is 0 Å². The number of likely N-dealkylation sites (tertiary alicyclic amines) is 2. The maximum absolute atomic E-state index is 12.8. The lowest BCUT2D eigenvalue weighted by Crippen LogP contribution is -2.48. The minimum Gasteiger partial charge on any atom is -0.379 e. The van der Waals surface area contributed by atoms with Crippen LogP contribution in [0.2, 0.25) is 0 Å². The van der Waals surface area contributed by atoms with Gasteiger partial charge in [0.1, 0.15) is 22.7 Å². The molecule has 0 unspecified atom stereocenters. The number of amides is 1. The summed E-state index contributed by atoms with van der Waals surface area (Å²) in [5.41, 5.74) is 11.9. The zero-order valence-electron chi connectivity index (χ0n) is 41.4. The number of carbonyl (C=O) groups is 2. The fourth-order valence-corrected chi connectivity index (χ4v) is 10.1. The zero-order valence-corrected chi connectivity index (χ0v) is 41.4. The normalized spacial score (nSPS) is 16.2. The van der Waals surface area contributed by atoms with Gasteiger partial charge in [-0.2, -0.15) is 0 Å². The molecular weight excluding hydrogens is 849 g/mol. The molecule has 0 saturated carbocycles. The first-order chi connectivity index (χ1) is 33.1. The third kappa shape index (κ3) is 12.1. The van der Waals surface area contributed by atoms with Gasteiger partial charge in [0.15, 0.2) is 17.1 Å². The number of piperidine rings is 1. The van der Waals surface area contributed by atoms with Crippen molar-refractivity contribution in [1.82, 2.24) is 49.1 Å². The summed E-state index contributed by atoms with van der Waals surface area (Å²) in [5, 5.41) is 3.06. The number of aromatic nitrogens is 6. The van der Waals surface area contributed by atoms with Crippen molar-refractivity contribution in [3.8, 4) is 0 Å². The maximum atomic E-state index is 12.8. The third-order valence-electron chi connectivity index (χ3n) is 13.9. The lowest BCUT2D eigenvalue weighted by atomic mass is 10.0. The highest BCUT2D eigenvalue weighted by Gasteiger charge is 2.25. The van der Waals surface area contributed by atoms with E-state index in [0.717, 1.165) is 159 Å². The molecule has 2 aromatic carbocycles. The topological polar surface area (TPSA) is 127 Å². The van der Waals surface area contributed by atoms with Crippen molar-refractivity contribution < 1.29 is 14.3 Å². The predicted octanol–water partition coefficient (Wildman–Crippen LogP) is 8.42. The molecule has 3 saturated heterocycles. The van der Waals surface area contributed by atoms with Gasteiger partial charge in [-0.25, -0.2) is 19.9 Å². The quantitative estimate of drug-likeness (QED) is 0.0575. The van der Waals surface area contributed by atoms with Gasteiger partial charge in [-0.15, -0.1) is 0 Å². The minimum absolute atomic E-state index is 0.00738. The highest BCUT2D eigenvalue weighted by Crippen LogP contribution is 2.24. The molecule has 3 aliphatic rings. The molecule has 1 N–H and O–H groups in total. The van der Waals surface area contributed by atoms with Gasteiger partial charge in [-0.05, 0) is 132 Å². The molecule has 0 radical (unpaired) electrons. The smallest absolute Gasteiger partial charge is 0.251 e. The van der Waals surface area contributed by atoms with Gasteiger partial charge >= 0.3 is 0 Å². The Morgan fingerprint density at radius 3 is 1.74 bits per heavy atom. The number of imidazole rings is 2. The van der Waals surface area contributed by atoms with Crippen molar-refractivity contribution in [2.24, 2.45) is 0 Å². The third-order valence-corrected chi connectivity index (χ3v) is 13.9. The highest BCUT2D eigenvalue weighted by atomic mass is 16.5. The van der Waals surface area contributed by atoms with Gasteiger partial charge in [0.05, 0.1) is 26.3 Å². The van der Waals surface area contributed by atoms with Crippen molar-refractivity contribution in [2.45, 2.75) is 112 Å². The summed E-state index contributed by atoms with van der Waals surface area (Å²) in [5.74, 6) is 2.13. The van der Waals surface area contributed by atoms with Crippen LogP contribution in [0.1, 0.15) is 118 Å². The SMILES string of the molecule is CCc1nc2c(C)cc(C)nc2n1Cc1ccc(C(=O)/C=C/N2CCC(N3CCOCC3)CC2)cc1.CCc1nc2c(C)cc(C)nc2n1Cc1ccc(C(=O)NCCCCN2CCCC2)cc1. The summed E-state index contributed by atoms with van der Waals surface area (Å²) in [6.45, 7) is 24.0. The fourth-order valence-electron chi connectivity index (χ4n) is 10.1. The molecule has 0 bridgehead atoms. The highest BCUT2D eigenvalue weighted by molar-refractivity contribution is 6.04. The van der Waals surface area contributed by atoms with Gasteiger partial charge in [-0.1, -0.05) is 50.2 Å². The summed E-state index contributed by atoms with van der Waals surface area (Å²) in [6.07, 6.45) is 12.5. The van der Waals surface area contributed by atoms with Crippen LogP contribution in [0.3, 0.4) is 0 Å². The standard InChI is InChI=1S/C29H37N5O2.C26H35N5O/c1-4-27-31-28-21(2)19-22(3)30-29(28)34(27)20-23-5-7-24(8-6-23)26(35)11-14-32-12-9-25(10-13-32)33-15-17-36-18-16-33;1-4-23-29-24-19(2)17-20(3)28-25(24)31(23)18-21-9-11-22(12-10-21)26(32)27-13-5-6-14-30-15-7-8-16-30/h5-8,11,14,19,25H,4,9-10,12-13,15-18,20H2,1-3H3;9-12,17H,4-8,13-16,18H2,1-3H3,(H,27,32)/b14-11+;. The molecule has 7 heterocycles. The number of nitrogens with zero attached hydrogens (tertiary/aromatic N) is 9.